The molecule has 0 aliphatic heterocycles. The van der Waals surface area contributed by atoms with Crippen LogP contribution in [-0.4, -0.2) is 24.4 Å². The minimum atomic E-state index is 0.323. The maximum atomic E-state index is 2.26. The van der Waals surface area contributed by atoms with E-state index in [9.17, 15) is 0 Å². The van der Waals surface area contributed by atoms with Crippen molar-refractivity contribution in [2.24, 2.45) is 5.41 Å². The van der Waals surface area contributed by atoms with E-state index >= 15 is 0 Å². The molecule has 1 aliphatic rings. The second-order valence-corrected chi connectivity index (χ2v) is 3.73. The summed E-state index contributed by atoms with van der Waals surface area (Å²) in [6.07, 6.45) is 2.25. The van der Waals surface area contributed by atoms with Crippen LogP contribution < -0.4 is 0 Å². The van der Waals surface area contributed by atoms with Crippen LogP contribution in [0.1, 0.15) is 20.8 Å². The Morgan fingerprint density at radius 1 is 1.30 bits per heavy atom. The number of hydrogen-bond donors (Lipinski definition) is 0. The van der Waals surface area contributed by atoms with E-state index in [-0.39, 0.29) is 0 Å². The molecule has 0 amide bonds. The van der Waals surface area contributed by atoms with Gasteiger partial charge in [0.15, 0.2) is 5.71 Å². The molecule has 56 valence electrons. The second-order valence-electron chi connectivity index (χ2n) is 3.73. The second kappa shape index (κ2) is 1.94. The number of nitrogens with zero attached hydrogens (tertiary/aromatic N) is 1. The van der Waals surface area contributed by atoms with Crippen molar-refractivity contribution in [2.45, 2.75) is 20.8 Å². The molecule has 0 fully saturated rings. The first-order valence-corrected chi connectivity index (χ1v) is 3.70. The van der Waals surface area contributed by atoms with Crippen molar-refractivity contribution >= 4 is 5.71 Å². The highest BCUT2D eigenvalue weighted by molar-refractivity contribution is 6.04. The normalized spacial score (nSPS) is 21.7. The van der Waals surface area contributed by atoms with Crippen LogP contribution >= 0.6 is 0 Å². The third kappa shape index (κ3) is 0.808. The largest absolute Gasteiger partial charge is 0.238 e. The first-order valence-electron chi connectivity index (χ1n) is 3.70. The van der Waals surface area contributed by atoms with Gasteiger partial charge in [0, 0.05) is 6.08 Å². The van der Waals surface area contributed by atoms with Crippen molar-refractivity contribution in [2.75, 3.05) is 14.1 Å². The lowest BCUT2D eigenvalue weighted by molar-refractivity contribution is -0.468. The van der Waals surface area contributed by atoms with Crippen molar-refractivity contribution in [1.29, 1.82) is 0 Å². The van der Waals surface area contributed by atoms with Crippen LogP contribution in [0.2, 0.25) is 0 Å². The molecular formula is C9H16N+. The average molecular weight is 138 g/mol. The Morgan fingerprint density at radius 3 is 1.90 bits per heavy atom. The lowest BCUT2D eigenvalue weighted by atomic mass is 9.70. The molecule has 0 aromatic heterocycles. The van der Waals surface area contributed by atoms with Crippen molar-refractivity contribution < 1.29 is 4.58 Å². The van der Waals surface area contributed by atoms with E-state index in [2.05, 4.69) is 45.5 Å². The fourth-order valence-electron chi connectivity index (χ4n) is 1.38. The fourth-order valence-corrected chi connectivity index (χ4v) is 1.38. The van der Waals surface area contributed by atoms with Crippen LogP contribution in [0.15, 0.2) is 11.6 Å². The van der Waals surface area contributed by atoms with Gasteiger partial charge in [-0.15, -0.1) is 0 Å². The molecule has 0 saturated carbocycles. The van der Waals surface area contributed by atoms with Gasteiger partial charge in [0.1, 0.15) is 14.1 Å². The van der Waals surface area contributed by atoms with Crippen LogP contribution in [0.25, 0.3) is 0 Å². The van der Waals surface area contributed by atoms with Gasteiger partial charge in [-0.3, -0.25) is 0 Å². The molecule has 0 spiro atoms. The van der Waals surface area contributed by atoms with Gasteiger partial charge in [0.05, 0.1) is 5.41 Å². The van der Waals surface area contributed by atoms with Gasteiger partial charge in [0.2, 0.25) is 0 Å². The maximum Gasteiger partial charge on any atom is 0.185 e. The SMILES string of the molecule is CC1=CC(=[N+](C)C)C1(C)C. The molecule has 0 unspecified atom stereocenters. The molecule has 0 bridgehead atoms. The molecule has 0 aromatic carbocycles. The first-order chi connectivity index (χ1) is 4.46. The quantitative estimate of drug-likeness (QED) is 0.448. The first kappa shape index (κ1) is 7.52. The summed E-state index contributed by atoms with van der Waals surface area (Å²) in [4.78, 5) is 0. The highest BCUT2D eigenvalue weighted by Gasteiger charge is 2.39. The Morgan fingerprint density at radius 2 is 1.80 bits per heavy atom. The summed E-state index contributed by atoms with van der Waals surface area (Å²) < 4.78 is 2.19. The van der Waals surface area contributed by atoms with Gasteiger partial charge in [-0.25, -0.2) is 4.58 Å². The van der Waals surface area contributed by atoms with Gasteiger partial charge in [-0.1, -0.05) is 5.57 Å². The zero-order valence-electron chi connectivity index (χ0n) is 7.52. The summed E-state index contributed by atoms with van der Waals surface area (Å²) in [5.74, 6) is 0. The summed E-state index contributed by atoms with van der Waals surface area (Å²) >= 11 is 0. The highest BCUT2D eigenvalue weighted by Crippen LogP contribution is 2.36. The van der Waals surface area contributed by atoms with E-state index in [1.165, 1.54) is 11.3 Å². The molecule has 1 nitrogen and oxygen atoms in total. The van der Waals surface area contributed by atoms with Crippen LogP contribution in [0.5, 0.6) is 0 Å². The van der Waals surface area contributed by atoms with E-state index in [1.807, 2.05) is 0 Å². The van der Waals surface area contributed by atoms with Gasteiger partial charge in [-0.2, -0.15) is 0 Å². The van der Waals surface area contributed by atoms with Crippen molar-refractivity contribution in [3.8, 4) is 0 Å². The molecule has 1 heteroatoms. The minimum absolute atomic E-state index is 0.323. The molecule has 0 N–H and O–H groups in total. The fraction of sp³-hybridized carbons (Fsp3) is 0.667. The van der Waals surface area contributed by atoms with Gasteiger partial charge in [-0.05, 0) is 20.8 Å². The Balaban J connectivity index is 3.05. The van der Waals surface area contributed by atoms with Crippen molar-refractivity contribution in [3.63, 3.8) is 0 Å². The lowest BCUT2D eigenvalue weighted by Crippen LogP contribution is -2.38. The molecule has 1 rings (SSSR count). The topological polar surface area (TPSA) is 3.01 Å². The zero-order valence-corrected chi connectivity index (χ0v) is 7.52. The number of hydrogen-bond acceptors (Lipinski definition) is 0. The molecule has 1 aliphatic carbocycles. The third-order valence-corrected chi connectivity index (χ3v) is 2.46. The molecule has 0 saturated heterocycles. The molecule has 0 radical (unpaired) electrons. The van der Waals surface area contributed by atoms with Gasteiger partial charge < -0.3 is 0 Å². The lowest BCUT2D eigenvalue weighted by Gasteiger charge is -2.31. The van der Waals surface area contributed by atoms with Crippen LogP contribution in [0, 0.1) is 5.41 Å². The van der Waals surface area contributed by atoms with E-state index in [0.29, 0.717) is 5.41 Å². The van der Waals surface area contributed by atoms with Crippen LogP contribution in [-0.2, 0) is 0 Å². The summed E-state index contributed by atoms with van der Waals surface area (Å²) in [6.45, 7) is 6.71. The van der Waals surface area contributed by atoms with Crippen LogP contribution in [0.3, 0.4) is 0 Å². The predicted octanol–water partition coefficient (Wildman–Crippen LogP) is 1.69. The molecule has 0 aromatic rings. The van der Waals surface area contributed by atoms with Crippen molar-refractivity contribution in [1.82, 2.24) is 0 Å². The summed E-state index contributed by atoms with van der Waals surface area (Å²) in [7, 11) is 4.19. The predicted molar refractivity (Wildman–Crippen MR) is 44.7 cm³/mol. The standard InChI is InChI=1S/C9H16N/c1-7-6-8(10(4)5)9(7,2)3/h6H,1-5H3/q+1. The summed E-state index contributed by atoms with van der Waals surface area (Å²) in [6, 6.07) is 0. The molecule has 0 atom stereocenters. The number of allylic oxidation sites excluding steroid dienone is 2. The number of rotatable bonds is 0. The minimum Gasteiger partial charge on any atom is -0.238 e. The molecular weight excluding hydrogens is 122 g/mol. The van der Waals surface area contributed by atoms with E-state index in [1.54, 1.807) is 0 Å². The summed E-state index contributed by atoms with van der Waals surface area (Å²) in [5.41, 5.74) is 3.24. The van der Waals surface area contributed by atoms with E-state index < -0.39 is 0 Å². The Bertz CT molecular complexity index is 215. The van der Waals surface area contributed by atoms with Gasteiger partial charge >= 0.3 is 0 Å². The smallest absolute Gasteiger partial charge is 0.185 e. The Labute approximate surface area is 63.1 Å². The monoisotopic (exact) mass is 138 g/mol. The summed E-state index contributed by atoms with van der Waals surface area (Å²) in [5, 5.41) is 0. The van der Waals surface area contributed by atoms with Gasteiger partial charge in [0.25, 0.3) is 0 Å². The maximum absolute atomic E-state index is 2.26. The molecule has 10 heavy (non-hydrogen) atoms. The third-order valence-electron chi connectivity index (χ3n) is 2.46. The Kier molecular flexibility index (Phi) is 1.46. The van der Waals surface area contributed by atoms with E-state index in [4.69, 9.17) is 0 Å². The van der Waals surface area contributed by atoms with Crippen molar-refractivity contribution in [3.05, 3.63) is 11.6 Å². The van der Waals surface area contributed by atoms with Crippen LogP contribution in [0.4, 0.5) is 0 Å². The zero-order chi connectivity index (χ0) is 7.94. The molecule has 0 heterocycles. The highest BCUT2D eigenvalue weighted by atomic mass is 15.0. The van der Waals surface area contributed by atoms with E-state index in [0.717, 1.165) is 0 Å². The average Bonchev–Trinajstić information content (AvgIpc) is 1.82. The Hall–Kier alpha value is -0.590.